The average molecular weight is 453 g/mol. The maximum absolute atomic E-state index is 15.0. The molecule has 4 rings (SSSR count). The highest BCUT2D eigenvalue weighted by atomic mass is 19.1. The number of hydrogen-bond donors (Lipinski definition) is 4. The van der Waals surface area contributed by atoms with Crippen molar-refractivity contribution in [1.82, 2.24) is 15.0 Å². The van der Waals surface area contributed by atoms with Crippen LogP contribution in [0.15, 0.2) is 55.0 Å². The Bertz CT molecular complexity index is 1160. The van der Waals surface area contributed by atoms with Crippen LogP contribution in [0.3, 0.4) is 0 Å². The zero-order valence-electron chi connectivity index (χ0n) is 18.0. The number of alkyl halides is 1. The molecule has 1 aromatic carbocycles. The molecule has 0 aliphatic carbocycles. The molecule has 0 saturated carbocycles. The third-order valence-corrected chi connectivity index (χ3v) is 5.86. The summed E-state index contributed by atoms with van der Waals surface area (Å²) in [6, 6.07) is 10.6. The van der Waals surface area contributed by atoms with E-state index in [0.29, 0.717) is 5.69 Å². The van der Waals surface area contributed by atoms with Gasteiger partial charge in [-0.3, -0.25) is 9.78 Å². The second kappa shape index (κ2) is 8.81. The summed E-state index contributed by atoms with van der Waals surface area (Å²) in [5, 5.41) is 23.3. The van der Waals surface area contributed by atoms with Crippen molar-refractivity contribution in [2.24, 2.45) is 0 Å². The molecule has 0 spiro atoms. The molecule has 10 heteroatoms. The molecule has 1 amide bonds. The van der Waals surface area contributed by atoms with Gasteiger partial charge in [-0.25, -0.2) is 14.4 Å². The summed E-state index contributed by atoms with van der Waals surface area (Å²) in [5.74, 6) is -0.742. The Hall–Kier alpha value is -3.47. The highest BCUT2D eigenvalue weighted by molar-refractivity contribution is 6.06. The van der Waals surface area contributed by atoms with Gasteiger partial charge in [-0.05, 0) is 19.9 Å². The van der Waals surface area contributed by atoms with Gasteiger partial charge in [-0.15, -0.1) is 0 Å². The summed E-state index contributed by atoms with van der Waals surface area (Å²) < 4.78 is 20.7. The molecule has 1 fully saturated rings. The first-order valence-electron chi connectivity index (χ1n) is 10.3. The number of aliphatic hydroxyl groups is 2. The number of amides is 1. The number of carbonyl (C=O) groups is 1. The van der Waals surface area contributed by atoms with E-state index in [9.17, 15) is 15.0 Å². The van der Waals surface area contributed by atoms with Crippen molar-refractivity contribution in [2.45, 2.75) is 43.9 Å². The number of aliphatic hydroxyl groups excluding tert-OH is 1. The standard InChI is InChI=1S/C23H24FN5O4/c1-12-23(2,32)20(30)17(24)19(33-12)14-8-9-26-10-16(14)29-22(31)18-21(25)27-11-15(28-18)13-6-4-3-5-7-13/h3-12,17,19-20,30,32H,1-2H3,(H2,25,27)(H,29,31)/t12-,17+,19+,20-,23-/m0/s1. The molecule has 172 valence electrons. The number of aromatic nitrogens is 3. The maximum Gasteiger partial charge on any atom is 0.278 e. The van der Waals surface area contributed by atoms with Gasteiger partial charge in [0, 0.05) is 17.3 Å². The van der Waals surface area contributed by atoms with Crippen LogP contribution in [0.5, 0.6) is 0 Å². The van der Waals surface area contributed by atoms with E-state index in [1.807, 2.05) is 30.3 Å². The molecule has 0 unspecified atom stereocenters. The van der Waals surface area contributed by atoms with E-state index in [-0.39, 0.29) is 22.8 Å². The Labute approximate surface area is 189 Å². The van der Waals surface area contributed by atoms with Crippen LogP contribution < -0.4 is 11.1 Å². The van der Waals surface area contributed by atoms with Gasteiger partial charge < -0.3 is 26.0 Å². The van der Waals surface area contributed by atoms with Crippen molar-refractivity contribution in [3.63, 3.8) is 0 Å². The van der Waals surface area contributed by atoms with E-state index >= 15 is 4.39 Å². The lowest BCUT2D eigenvalue weighted by Crippen LogP contribution is -2.59. The van der Waals surface area contributed by atoms with Crippen molar-refractivity contribution >= 4 is 17.4 Å². The minimum absolute atomic E-state index is 0.0741. The molecule has 3 aromatic rings. The minimum atomic E-state index is -1.94. The number of anilines is 2. The van der Waals surface area contributed by atoms with Crippen LogP contribution in [-0.4, -0.2) is 55.1 Å². The molecule has 1 aliphatic heterocycles. The second-order valence-corrected chi connectivity index (χ2v) is 8.09. The third-order valence-electron chi connectivity index (χ3n) is 5.86. The average Bonchev–Trinajstić information content (AvgIpc) is 2.82. The molecule has 0 radical (unpaired) electrons. The SMILES string of the molecule is C[C@@H]1O[C@H](c2ccncc2NC(=O)c2nc(-c3ccccc3)cnc2N)[C@@H](F)[C@H](O)[C@@]1(C)O. The van der Waals surface area contributed by atoms with Crippen LogP contribution in [0.25, 0.3) is 11.3 Å². The zero-order chi connectivity index (χ0) is 23.8. The smallest absolute Gasteiger partial charge is 0.278 e. The molecular weight excluding hydrogens is 429 g/mol. The van der Waals surface area contributed by atoms with Crippen LogP contribution in [-0.2, 0) is 4.74 Å². The Morgan fingerprint density at radius 1 is 1.24 bits per heavy atom. The number of nitrogen functional groups attached to an aromatic ring is 1. The Balaban J connectivity index is 1.64. The predicted octanol–water partition coefficient (Wildman–Crippen LogP) is 2.28. The van der Waals surface area contributed by atoms with Gasteiger partial charge >= 0.3 is 0 Å². The Morgan fingerprint density at radius 3 is 2.70 bits per heavy atom. The minimum Gasteiger partial charge on any atom is -0.387 e. The van der Waals surface area contributed by atoms with Crippen LogP contribution in [0.4, 0.5) is 15.9 Å². The number of hydrogen-bond acceptors (Lipinski definition) is 8. The first-order valence-corrected chi connectivity index (χ1v) is 10.3. The summed E-state index contributed by atoms with van der Waals surface area (Å²) >= 11 is 0. The van der Waals surface area contributed by atoms with Crippen LogP contribution in [0.1, 0.15) is 36.0 Å². The van der Waals surface area contributed by atoms with Crippen LogP contribution >= 0.6 is 0 Å². The van der Waals surface area contributed by atoms with Crippen molar-refractivity contribution in [1.29, 1.82) is 0 Å². The molecule has 33 heavy (non-hydrogen) atoms. The Morgan fingerprint density at radius 2 is 1.97 bits per heavy atom. The lowest BCUT2D eigenvalue weighted by atomic mass is 9.83. The molecule has 3 heterocycles. The second-order valence-electron chi connectivity index (χ2n) is 8.09. The summed E-state index contributed by atoms with van der Waals surface area (Å²) in [6.07, 6.45) is -1.53. The highest BCUT2D eigenvalue weighted by Gasteiger charge is 2.51. The topological polar surface area (TPSA) is 143 Å². The van der Waals surface area contributed by atoms with E-state index in [1.54, 1.807) is 0 Å². The molecule has 1 saturated heterocycles. The van der Waals surface area contributed by atoms with E-state index in [0.717, 1.165) is 5.56 Å². The zero-order valence-corrected chi connectivity index (χ0v) is 18.0. The monoisotopic (exact) mass is 453 g/mol. The fourth-order valence-corrected chi connectivity index (χ4v) is 3.66. The number of halogens is 1. The van der Waals surface area contributed by atoms with Crippen molar-refractivity contribution in [3.05, 3.63) is 66.2 Å². The number of nitrogens with one attached hydrogen (secondary N) is 1. The lowest BCUT2D eigenvalue weighted by molar-refractivity contribution is -0.245. The first-order chi connectivity index (χ1) is 15.7. The van der Waals surface area contributed by atoms with Gasteiger partial charge in [-0.2, -0.15) is 0 Å². The number of ether oxygens (including phenoxy) is 1. The molecule has 5 atom stereocenters. The molecule has 2 aromatic heterocycles. The summed E-state index contributed by atoms with van der Waals surface area (Å²) in [6.45, 7) is 2.84. The normalized spacial score (nSPS) is 27.2. The van der Waals surface area contributed by atoms with Gasteiger partial charge in [0.15, 0.2) is 17.7 Å². The molecule has 5 N–H and O–H groups in total. The van der Waals surface area contributed by atoms with E-state index in [2.05, 4.69) is 20.3 Å². The highest BCUT2D eigenvalue weighted by Crippen LogP contribution is 2.41. The number of nitrogens with zero attached hydrogens (tertiary/aromatic N) is 3. The van der Waals surface area contributed by atoms with Gasteiger partial charge in [0.25, 0.3) is 5.91 Å². The predicted molar refractivity (Wildman–Crippen MR) is 119 cm³/mol. The largest absolute Gasteiger partial charge is 0.387 e. The quantitative estimate of drug-likeness (QED) is 0.471. The van der Waals surface area contributed by atoms with E-state index in [1.165, 1.54) is 38.5 Å². The van der Waals surface area contributed by atoms with Crippen LogP contribution in [0.2, 0.25) is 0 Å². The number of rotatable bonds is 4. The molecule has 9 nitrogen and oxygen atoms in total. The first kappa shape index (κ1) is 22.7. The number of carbonyl (C=O) groups excluding carboxylic acids is 1. The van der Waals surface area contributed by atoms with Gasteiger partial charge in [0.1, 0.15) is 17.8 Å². The number of pyridine rings is 1. The maximum atomic E-state index is 15.0. The van der Waals surface area contributed by atoms with E-state index in [4.69, 9.17) is 10.5 Å². The molecule has 0 bridgehead atoms. The van der Waals surface area contributed by atoms with Crippen LogP contribution in [0, 0.1) is 0 Å². The third kappa shape index (κ3) is 4.28. The van der Waals surface area contributed by atoms with Crippen molar-refractivity contribution in [2.75, 3.05) is 11.1 Å². The summed E-state index contributed by atoms with van der Waals surface area (Å²) in [5.41, 5.74) is 5.64. The lowest BCUT2D eigenvalue weighted by Gasteiger charge is -2.45. The Kier molecular flexibility index (Phi) is 6.07. The van der Waals surface area contributed by atoms with Gasteiger partial charge in [0.2, 0.25) is 0 Å². The summed E-state index contributed by atoms with van der Waals surface area (Å²) in [7, 11) is 0. The summed E-state index contributed by atoms with van der Waals surface area (Å²) in [4.78, 5) is 25.4. The number of benzene rings is 1. The molecule has 1 aliphatic rings. The molecular formula is C23H24FN5O4. The fraction of sp³-hybridized carbons (Fsp3) is 0.304. The van der Waals surface area contributed by atoms with Gasteiger partial charge in [0.05, 0.1) is 29.9 Å². The number of nitrogens with two attached hydrogens (primary N) is 1. The van der Waals surface area contributed by atoms with Gasteiger partial charge in [-0.1, -0.05) is 30.3 Å². The van der Waals surface area contributed by atoms with Crippen molar-refractivity contribution < 1.29 is 24.1 Å². The van der Waals surface area contributed by atoms with Crippen molar-refractivity contribution in [3.8, 4) is 11.3 Å². The van der Waals surface area contributed by atoms with E-state index < -0.39 is 36.0 Å². The fourth-order valence-electron chi connectivity index (χ4n) is 3.66.